The molecule has 6 nitrogen and oxygen atoms in total. The molecule has 0 bridgehead atoms. The zero-order valence-corrected chi connectivity index (χ0v) is 15.1. The third-order valence-corrected chi connectivity index (χ3v) is 5.86. The summed E-state index contributed by atoms with van der Waals surface area (Å²) in [6.07, 6.45) is 2.25. The molecule has 3 heterocycles. The van der Waals surface area contributed by atoms with Gasteiger partial charge in [0.15, 0.2) is 0 Å². The number of benzene rings is 1. The molecule has 0 spiro atoms. The molecule has 1 aromatic carbocycles. The fraction of sp³-hybridized carbons (Fsp3) is 0.176. The monoisotopic (exact) mass is 369 g/mol. The van der Waals surface area contributed by atoms with E-state index in [0.717, 1.165) is 26.9 Å². The molecule has 8 heteroatoms. The number of carbonyl (C=O) groups is 1. The van der Waals surface area contributed by atoms with Crippen LogP contribution >= 0.6 is 22.7 Å². The molecule has 0 saturated carbocycles. The van der Waals surface area contributed by atoms with Crippen molar-refractivity contribution in [1.29, 1.82) is 0 Å². The molecule has 25 heavy (non-hydrogen) atoms. The van der Waals surface area contributed by atoms with Crippen molar-refractivity contribution in [1.82, 2.24) is 24.9 Å². The lowest BCUT2D eigenvalue weighted by atomic mass is 10.2. The van der Waals surface area contributed by atoms with Gasteiger partial charge in [-0.3, -0.25) is 4.79 Å². The van der Waals surface area contributed by atoms with Crippen LogP contribution < -0.4 is 5.32 Å². The average molecular weight is 369 g/mol. The Morgan fingerprint density at radius 1 is 1.28 bits per heavy atom. The molecule has 4 aromatic rings. The highest BCUT2D eigenvalue weighted by atomic mass is 32.1. The summed E-state index contributed by atoms with van der Waals surface area (Å²) < 4.78 is 1.81. The first-order valence-electron chi connectivity index (χ1n) is 7.79. The number of hydrogen-bond donors (Lipinski definition) is 1. The molecule has 0 radical (unpaired) electrons. The lowest BCUT2D eigenvalue weighted by molar-refractivity contribution is 0.0957. The number of thiazole rings is 2. The fourth-order valence-electron chi connectivity index (χ4n) is 2.54. The van der Waals surface area contributed by atoms with Crippen LogP contribution in [0.2, 0.25) is 0 Å². The van der Waals surface area contributed by atoms with E-state index in [2.05, 4.69) is 20.4 Å². The van der Waals surface area contributed by atoms with Gasteiger partial charge in [0.1, 0.15) is 16.2 Å². The molecule has 0 aliphatic rings. The summed E-state index contributed by atoms with van der Waals surface area (Å²) in [7, 11) is 0. The number of amides is 1. The van der Waals surface area contributed by atoms with E-state index in [4.69, 9.17) is 0 Å². The molecular formula is C17H15N5OS2. The van der Waals surface area contributed by atoms with E-state index in [9.17, 15) is 4.79 Å². The van der Waals surface area contributed by atoms with E-state index in [1.165, 1.54) is 11.3 Å². The Hall–Kier alpha value is -2.58. The van der Waals surface area contributed by atoms with Crippen LogP contribution in [-0.4, -0.2) is 32.0 Å². The zero-order valence-electron chi connectivity index (χ0n) is 13.5. The van der Waals surface area contributed by atoms with Crippen molar-refractivity contribution in [2.75, 3.05) is 6.54 Å². The molecule has 0 atom stereocenters. The van der Waals surface area contributed by atoms with E-state index >= 15 is 0 Å². The smallest absolute Gasteiger partial charge is 0.263 e. The van der Waals surface area contributed by atoms with Crippen molar-refractivity contribution in [2.45, 2.75) is 13.3 Å². The maximum absolute atomic E-state index is 12.5. The molecule has 0 aliphatic carbocycles. The minimum atomic E-state index is -0.0813. The van der Waals surface area contributed by atoms with Crippen molar-refractivity contribution < 1.29 is 4.79 Å². The summed E-state index contributed by atoms with van der Waals surface area (Å²) in [4.78, 5) is 22.7. The van der Waals surface area contributed by atoms with Gasteiger partial charge in [0.25, 0.3) is 5.91 Å². The molecular weight excluding hydrogens is 354 g/mol. The van der Waals surface area contributed by atoms with Crippen molar-refractivity contribution >= 4 is 33.5 Å². The largest absolute Gasteiger partial charge is 0.351 e. The van der Waals surface area contributed by atoms with Crippen LogP contribution in [0.25, 0.3) is 15.5 Å². The highest BCUT2D eigenvalue weighted by Gasteiger charge is 2.16. The Labute approximate surface area is 152 Å². The number of nitrogens with one attached hydrogen (secondary N) is 1. The number of carbonyl (C=O) groups excluding carboxylic acids is 1. The van der Waals surface area contributed by atoms with Crippen molar-refractivity contribution in [2.24, 2.45) is 0 Å². The molecule has 126 valence electrons. The lowest BCUT2D eigenvalue weighted by Gasteiger charge is -2.03. The van der Waals surface area contributed by atoms with Crippen LogP contribution in [0.1, 0.15) is 21.1 Å². The molecule has 0 unspecified atom stereocenters. The molecule has 1 N–H and O–H groups in total. The molecule has 0 fully saturated rings. The van der Waals surface area contributed by atoms with Crippen LogP contribution in [-0.2, 0) is 6.42 Å². The first-order valence-corrected chi connectivity index (χ1v) is 9.49. The van der Waals surface area contributed by atoms with E-state index in [1.807, 2.05) is 47.2 Å². The summed E-state index contributed by atoms with van der Waals surface area (Å²) in [5.74, 6) is -0.0813. The number of rotatable bonds is 5. The number of nitrogens with zero attached hydrogens (tertiary/aromatic N) is 4. The fourth-order valence-corrected chi connectivity index (χ4v) is 4.36. The van der Waals surface area contributed by atoms with Gasteiger partial charge in [-0.1, -0.05) is 30.3 Å². The van der Waals surface area contributed by atoms with Gasteiger partial charge in [-0.05, 0) is 6.92 Å². The zero-order chi connectivity index (χ0) is 17.2. The lowest BCUT2D eigenvalue weighted by Crippen LogP contribution is -2.25. The Kier molecular flexibility index (Phi) is 4.29. The second kappa shape index (κ2) is 6.73. The van der Waals surface area contributed by atoms with Gasteiger partial charge < -0.3 is 5.32 Å². The number of aromatic nitrogens is 4. The maximum Gasteiger partial charge on any atom is 0.263 e. The Bertz CT molecular complexity index is 1020. The molecule has 0 aliphatic heterocycles. The third-order valence-electron chi connectivity index (χ3n) is 3.78. The van der Waals surface area contributed by atoms with Gasteiger partial charge in [0, 0.05) is 23.9 Å². The second-order valence-electron chi connectivity index (χ2n) is 5.49. The molecule has 1 amide bonds. The van der Waals surface area contributed by atoms with Crippen LogP contribution in [0.5, 0.6) is 0 Å². The van der Waals surface area contributed by atoms with Gasteiger partial charge in [-0.2, -0.15) is 5.10 Å². The first kappa shape index (κ1) is 15.9. The molecule has 0 saturated heterocycles. The van der Waals surface area contributed by atoms with E-state index < -0.39 is 0 Å². The first-order chi connectivity index (χ1) is 12.2. The predicted molar refractivity (Wildman–Crippen MR) is 99.2 cm³/mol. The van der Waals surface area contributed by atoms with E-state index in [0.29, 0.717) is 17.8 Å². The normalized spacial score (nSPS) is 11.1. The summed E-state index contributed by atoms with van der Waals surface area (Å²) in [6.45, 7) is 2.41. The third kappa shape index (κ3) is 3.18. The average Bonchev–Trinajstić information content (AvgIpc) is 3.32. The molecule has 3 aromatic heterocycles. The summed E-state index contributed by atoms with van der Waals surface area (Å²) >= 11 is 2.97. The van der Waals surface area contributed by atoms with Gasteiger partial charge in [0.05, 0.1) is 11.4 Å². The van der Waals surface area contributed by atoms with Crippen LogP contribution in [0.15, 0.2) is 42.0 Å². The molecule has 4 rings (SSSR count). The minimum absolute atomic E-state index is 0.0813. The maximum atomic E-state index is 12.5. The SMILES string of the molecule is Cc1nc(-c2ccccc2)sc1C(=O)NCCc1csc2ncnn12. The van der Waals surface area contributed by atoms with E-state index in [1.54, 1.807) is 17.7 Å². The topological polar surface area (TPSA) is 72.2 Å². The standard InChI is InChI=1S/C17H15N5OS2/c1-11-14(25-16(21-11)12-5-3-2-4-6-12)15(23)18-8-7-13-9-24-17-19-10-20-22(13)17/h2-6,9-10H,7-8H2,1H3,(H,18,23). The van der Waals surface area contributed by atoms with Gasteiger partial charge in [0.2, 0.25) is 4.96 Å². The van der Waals surface area contributed by atoms with Gasteiger partial charge in [-0.15, -0.1) is 22.7 Å². The second-order valence-corrected chi connectivity index (χ2v) is 7.32. The van der Waals surface area contributed by atoms with Gasteiger partial charge >= 0.3 is 0 Å². The predicted octanol–water partition coefficient (Wildman–Crippen LogP) is 3.20. The van der Waals surface area contributed by atoms with Gasteiger partial charge in [-0.25, -0.2) is 14.5 Å². The van der Waals surface area contributed by atoms with Crippen LogP contribution in [0.4, 0.5) is 0 Å². The van der Waals surface area contributed by atoms with Crippen LogP contribution in [0.3, 0.4) is 0 Å². The Morgan fingerprint density at radius 3 is 2.96 bits per heavy atom. The number of aryl methyl sites for hydroxylation is 1. The quantitative estimate of drug-likeness (QED) is 0.586. The van der Waals surface area contributed by atoms with Crippen LogP contribution in [0, 0.1) is 6.92 Å². The summed E-state index contributed by atoms with van der Waals surface area (Å²) in [5, 5.41) is 10.0. The summed E-state index contributed by atoms with van der Waals surface area (Å²) in [6, 6.07) is 9.91. The van der Waals surface area contributed by atoms with Crippen molar-refractivity contribution in [3.8, 4) is 10.6 Å². The van der Waals surface area contributed by atoms with Crippen molar-refractivity contribution in [3.63, 3.8) is 0 Å². The summed E-state index contributed by atoms with van der Waals surface area (Å²) in [5.41, 5.74) is 2.83. The Morgan fingerprint density at radius 2 is 2.12 bits per heavy atom. The highest BCUT2D eigenvalue weighted by molar-refractivity contribution is 7.17. The van der Waals surface area contributed by atoms with Crippen molar-refractivity contribution in [3.05, 3.63) is 58.3 Å². The Balaban J connectivity index is 1.43. The number of fused-ring (bicyclic) bond motifs is 1. The minimum Gasteiger partial charge on any atom is -0.351 e. The highest BCUT2D eigenvalue weighted by Crippen LogP contribution is 2.27. The number of hydrogen-bond acceptors (Lipinski definition) is 6. The van der Waals surface area contributed by atoms with E-state index in [-0.39, 0.29) is 5.91 Å².